The zero-order valence-electron chi connectivity index (χ0n) is 13.1. The molecule has 0 fully saturated rings. The summed E-state index contributed by atoms with van der Waals surface area (Å²) in [7, 11) is 3.37. The zero-order chi connectivity index (χ0) is 15.8. The summed E-state index contributed by atoms with van der Waals surface area (Å²) in [6.07, 6.45) is 0. The zero-order valence-corrected chi connectivity index (χ0v) is 13.1. The minimum Gasteiger partial charge on any atom is -0.494 e. The third-order valence-corrected chi connectivity index (χ3v) is 4.21. The van der Waals surface area contributed by atoms with Crippen molar-refractivity contribution in [2.45, 2.75) is 0 Å². The second-order valence-electron chi connectivity index (χ2n) is 5.38. The Bertz CT molecular complexity index is 926. The number of aromatic nitrogens is 1. The van der Waals surface area contributed by atoms with Crippen molar-refractivity contribution in [1.82, 2.24) is 4.57 Å². The van der Waals surface area contributed by atoms with E-state index in [0.717, 1.165) is 28.2 Å². The Hall–Kier alpha value is -2.94. The molecule has 0 amide bonds. The van der Waals surface area contributed by atoms with Crippen LogP contribution in [0, 0.1) is 0 Å². The fraction of sp³-hybridized carbons (Fsp3) is 0.100. The number of ether oxygens (including phenoxy) is 2. The molecule has 0 atom stereocenters. The van der Waals surface area contributed by atoms with Gasteiger partial charge in [0.25, 0.3) is 0 Å². The minimum atomic E-state index is 0.788. The maximum absolute atomic E-state index is 5.61. The van der Waals surface area contributed by atoms with E-state index in [-0.39, 0.29) is 0 Å². The largest absolute Gasteiger partial charge is 0.494 e. The molecule has 4 rings (SSSR count). The third kappa shape index (κ3) is 1.97. The van der Waals surface area contributed by atoms with Crippen molar-refractivity contribution in [3.8, 4) is 17.2 Å². The van der Waals surface area contributed by atoms with Gasteiger partial charge in [-0.15, -0.1) is 0 Å². The molecule has 0 radical (unpaired) electrons. The molecule has 0 spiro atoms. The van der Waals surface area contributed by atoms with Crippen LogP contribution in [0.25, 0.3) is 27.5 Å². The molecule has 4 aromatic rings. The molecule has 0 saturated heterocycles. The number of para-hydroxylation sites is 3. The highest BCUT2D eigenvalue weighted by Gasteiger charge is 2.18. The van der Waals surface area contributed by atoms with Crippen LogP contribution in [-0.2, 0) is 0 Å². The van der Waals surface area contributed by atoms with Gasteiger partial charge in [0.05, 0.1) is 25.3 Å². The molecule has 3 aromatic carbocycles. The van der Waals surface area contributed by atoms with Gasteiger partial charge in [-0.25, -0.2) is 0 Å². The smallest absolute Gasteiger partial charge is 0.146 e. The standard InChI is InChI=1S/C20H17NO2/c1-22-18-12-7-13-19(23-2)20(18)21-16-10-5-3-8-14(16)15-9-4-6-11-17(15)21/h3-13H,1-2H3. The molecule has 1 aromatic heterocycles. The Balaban J connectivity index is 2.22. The van der Waals surface area contributed by atoms with Crippen LogP contribution in [0.15, 0.2) is 66.7 Å². The average molecular weight is 303 g/mol. The van der Waals surface area contributed by atoms with Crippen molar-refractivity contribution in [3.63, 3.8) is 0 Å². The average Bonchev–Trinajstić information content (AvgIpc) is 2.95. The summed E-state index contributed by atoms with van der Waals surface area (Å²) < 4.78 is 13.4. The molecule has 114 valence electrons. The highest BCUT2D eigenvalue weighted by molar-refractivity contribution is 6.09. The number of fused-ring (bicyclic) bond motifs is 3. The quantitative estimate of drug-likeness (QED) is 0.542. The van der Waals surface area contributed by atoms with Gasteiger partial charge in [0, 0.05) is 10.8 Å². The van der Waals surface area contributed by atoms with Crippen LogP contribution in [0.5, 0.6) is 11.5 Å². The summed E-state index contributed by atoms with van der Waals surface area (Å²) in [6, 6.07) is 22.7. The molecule has 0 aliphatic heterocycles. The number of methoxy groups -OCH3 is 2. The second-order valence-corrected chi connectivity index (χ2v) is 5.38. The summed E-state index contributed by atoms with van der Waals surface area (Å²) in [4.78, 5) is 0. The first-order valence-corrected chi connectivity index (χ1v) is 7.54. The summed E-state index contributed by atoms with van der Waals surface area (Å²) >= 11 is 0. The lowest BCUT2D eigenvalue weighted by Crippen LogP contribution is -2.01. The Labute approximate surface area is 134 Å². The highest BCUT2D eigenvalue weighted by Crippen LogP contribution is 2.39. The van der Waals surface area contributed by atoms with E-state index in [1.807, 2.05) is 18.2 Å². The number of benzene rings is 3. The van der Waals surface area contributed by atoms with Crippen molar-refractivity contribution in [3.05, 3.63) is 66.7 Å². The summed E-state index contributed by atoms with van der Waals surface area (Å²) in [6.45, 7) is 0. The predicted molar refractivity (Wildman–Crippen MR) is 93.9 cm³/mol. The first-order chi connectivity index (χ1) is 11.3. The summed E-state index contributed by atoms with van der Waals surface area (Å²) in [5.74, 6) is 1.58. The van der Waals surface area contributed by atoms with Gasteiger partial charge in [-0.1, -0.05) is 42.5 Å². The number of hydrogen-bond acceptors (Lipinski definition) is 2. The molecule has 23 heavy (non-hydrogen) atoms. The molecular weight excluding hydrogens is 286 g/mol. The van der Waals surface area contributed by atoms with Crippen LogP contribution < -0.4 is 9.47 Å². The minimum absolute atomic E-state index is 0.788. The molecule has 0 bridgehead atoms. The second kappa shape index (κ2) is 5.36. The van der Waals surface area contributed by atoms with Gasteiger partial charge in [0.2, 0.25) is 0 Å². The lowest BCUT2D eigenvalue weighted by Gasteiger charge is -2.16. The summed E-state index contributed by atoms with van der Waals surface area (Å²) in [5, 5.41) is 2.44. The van der Waals surface area contributed by atoms with Crippen molar-refractivity contribution in [2.24, 2.45) is 0 Å². The Morgan fingerprint density at radius 3 is 1.57 bits per heavy atom. The number of rotatable bonds is 3. The molecule has 0 unspecified atom stereocenters. The van der Waals surface area contributed by atoms with Gasteiger partial charge in [-0.3, -0.25) is 0 Å². The maximum atomic E-state index is 5.61. The SMILES string of the molecule is COc1cccc(OC)c1-n1c2ccccc2c2ccccc21. The Kier molecular flexibility index (Phi) is 3.19. The molecule has 0 N–H and O–H groups in total. The molecular formula is C20H17NO2. The van der Waals surface area contributed by atoms with E-state index in [1.54, 1.807) is 14.2 Å². The van der Waals surface area contributed by atoms with E-state index >= 15 is 0 Å². The van der Waals surface area contributed by atoms with E-state index in [1.165, 1.54) is 10.8 Å². The van der Waals surface area contributed by atoms with Crippen molar-refractivity contribution >= 4 is 21.8 Å². The van der Waals surface area contributed by atoms with E-state index in [0.29, 0.717) is 0 Å². The van der Waals surface area contributed by atoms with E-state index in [9.17, 15) is 0 Å². The molecule has 3 nitrogen and oxygen atoms in total. The molecule has 0 aliphatic carbocycles. The van der Waals surface area contributed by atoms with Gasteiger partial charge in [-0.05, 0) is 24.3 Å². The van der Waals surface area contributed by atoms with Crippen LogP contribution in [-0.4, -0.2) is 18.8 Å². The van der Waals surface area contributed by atoms with Crippen LogP contribution in [0.2, 0.25) is 0 Å². The molecule has 0 aliphatic rings. The van der Waals surface area contributed by atoms with E-state index in [2.05, 4.69) is 53.1 Å². The van der Waals surface area contributed by atoms with E-state index in [4.69, 9.17) is 9.47 Å². The van der Waals surface area contributed by atoms with Crippen LogP contribution >= 0.6 is 0 Å². The van der Waals surface area contributed by atoms with E-state index < -0.39 is 0 Å². The molecule has 3 heteroatoms. The van der Waals surface area contributed by atoms with Crippen molar-refractivity contribution < 1.29 is 9.47 Å². The topological polar surface area (TPSA) is 23.4 Å². The maximum Gasteiger partial charge on any atom is 0.146 e. The van der Waals surface area contributed by atoms with Crippen LogP contribution in [0.3, 0.4) is 0 Å². The highest BCUT2D eigenvalue weighted by atomic mass is 16.5. The van der Waals surface area contributed by atoms with Gasteiger partial charge in [0.1, 0.15) is 17.2 Å². The number of nitrogens with zero attached hydrogens (tertiary/aromatic N) is 1. The molecule has 0 saturated carbocycles. The van der Waals surface area contributed by atoms with Gasteiger partial charge in [-0.2, -0.15) is 0 Å². The van der Waals surface area contributed by atoms with Crippen molar-refractivity contribution in [2.75, 3.05) is 14.2 Å². The first kappa shape index (κ1) is 13.7. The van der Waals surface area contributed by atoms with Gasteiger partial charge in [0.15, 0.2) is 0 Å². The lowest BCUT2D eigenvalue weighted by molar-refractivity contribution is 0.392. The van der Waals surface area contributed by atoms with Gasteiger partial charge >= 0.3 is 0 Å². The van der Waals surface area contributed by atoms with Crippen LogP contribution in [0.1, 0.15) is 0 Å². The van der Waals surface area contributed by atoms with Crippen molar-refractivity contribution in [1.29, 1.82) is 0 Å². The van der Waals surface area contributed by atoms with Gasteiger partial charge < -0.3 is 14.0 Å². The monoisotopic (exact) mass is 303 g/mol. The first-order valence-electron chi connectivity index (χ1n) is 7.54. The Morgan fingerprint density at radius 1 is 0.609 bits per heavy atom. The lowest BCUT2D eigenvalue weighted by atomic mass is 10.2. The number of hydrogen-bond donors (Lipinski definition) is 0. The predicted octanol–water partition coefficient (Wildman–Crippen LogP) is 4.80. The summed E-state index contributed by atoms with van der Waals surface area (Å²) in [5.41, 5.74) is 3.20. The Morgan fingerprint density at radius 2 is 1.09 bits per heavy atom. The van der Waals surface area contributed by atoms with Crippen LogP contribution in [0.4, 0.5) is 0 Å². The normalized spacial score (nSPS) is 11.0. The molecule has 1 heterocycles. The third-order valence-electron chi connectivity index (χ3n) is 4.21. The fourth-order valence-electron chi connectivity index (χ4n) is 3.22. The fourth-order valence-corrected chi connectivity index (χ4v) is 3.22.